The molecule has 0 unspecified atom stereocenters. The van der Waals surface area contributed by atoms with Crippen molar-refractivity contribution in [1.82, 2.24) is 4.90 Å². The van der Waals surface area contributed by atoms with Gasteiger partial charge in [-0.2, -0.15) is 13.2 Å². The minimum absolute atomic E-state index is 0.0653. The van der Waals surface area contributed by atoms with Crippen molar-refractivity contribution < 1.29 is 46.5 Å². The van der Waals surface area contributed by atoms with E-state index in [-0.39, 0.29) is 48.0 Å². The molecular formula is C27H35F3N2O7. The molecule has 0 saturated carbocycles. The number of rotatable bonds is 11. The minimum Gasteiger partial charge on any atom is -0.496 e. The van der Waals surface area contributed by atoms with Crippen LogP contribution in [0.5, 0.6) is 5.75 Å². The molecule has 0 N–H and O–H groups in total. The van der Waals surface area contributed by atoms with Gasteiger partial charge in [-0.3, -0.25) is 14.5 Å². The van der Waals surface area contributed by atoms with Crippen molar-refractivity contribution in [2.45, 2.75) is 52.3 Å². The molecule has 2 aliphatic rings. The van der Waals surface area contributed by atoms with E-state index in [0.717, 1.165) is 38.7 Å². The van der Waals surface area contributed by atoms with Crippen LogP contribution in [0.4, 0.5) is 18.9 Å². The SMILES string of the molecule is COc1c(C)c2c(c(N(C)C(=O)C(F)(F)F)c1CC=C(C)CCC(=O)OCCCN1CCOCC1)C(=O)OC2. The highest BCUT2D eigenvalue weighted by Crippen LogP contribution is 2.43. The second-order valence-electron chi connectivity index (χ2n) is 9.56. The Hall–Kier alpha value is -3.12. The van der Waals surface area contributed by atoms with E-state index in [1.54, 1.807) is 19.9 Å². The molecule has 0 bridgehead atoms. The van der Waals surface area contributed by atoms with Crippen LogP contribution < -0.4 is 9.64 Å². The number of nitrogens with zero attached hydrogens (tertiary/aromatic N) is 2. The molecule has 1 fully saturated rings. The number of hydrogen-bond acceptors (Lipinski definition) is 8. The van der Waals surface area contributed by atoms with Gasteiger partial charge in [0.05, 0.1) is 38.2 Å². The summed E-state index contributed by atoms with van der Waals surface area (Å²) in [6.07, 6.45) is -2.09. The van der Waals surface area contributed by atoms with Crippen LogP contribution >= 0.6 is 0 Å². The lowest BCUT2D eigenvalue weighted by Crippen LogP contribution is -2.39. The van der Waals surface area contributed by atoms with Crippen molar-refractivity contribution >= 4 is 23.5 Å². The zero-order valence-electron chi connectivity index (χ0n) is 22.7. The van der Waals surface area contributed by atoms with E-state index in [2.05, 4.69) is 4.90 Å². The van der Waals surface area contributed by atoms with Crippen LogP contribution in [-0.4, -0.2) is 82.5 Å². The van der Waals surface area contributed by atoms with Crippen molar-refractivity contribution in [3.05, 3.63) is 33.9 Å². The van der Waals surface area contributed by atoms with E-state index in [1.165, 1.54) is 7.11 Å². The molecule has 1 amide bonds. The van der Waals surface area contributed by atoms with E-state index >= 15 is 0 Å². The van der Waals surface area contributed by atoms with Crippen molar-refractivity contribution in [2.75, 3.05) is 58.5 Å². The van der Waals surface area contributed by atoms with E-state index in [9.17, 15) is 27.6 Å². The van der Waals surface area contributed by atoms with Crippen molar-refractivity contribution in [2.24, 2.45) is 0 Å². The fourth-order valence-corrected chi connectivity index (χ4v) is 4.74. The van der Waals surface area contributed by atoms with Gasteiger partial charge in [-0.1, -0.05) is 11.6 Å². The molecule has 39 heavy (non-hydrogen) atoms. The highest BCUT2D eigenvalue weighted by Gasteiger charge is 2.44. The van der Waals surface area contributed by atoms with Gasteiger partial charge in [0.1, 0.15) is 12.4 Å². The Morgan fingerprint density at radius 1 is 1.18 bits per heavy atom. The zero-order valence-corrected chi connectivity index (χ0v) is 22.7. The lowest BCUT2D eigenvalue weighted by molar-refractivity contribution is -0.170. The first-order chi connectivity index (χ1) is 18.5. The van der Waals surface area contributed by atoms with Crippen LogP contribution in [0.2, 0.25) is 0 Å². The molecule has 9 nitrogen and oxygen atoms in total. The van der Waals surface area contributed by atoms with Crippen LogP contribution in [0.1, 0.15) is 53.2 Å². The molecule has 0 spiro atoms. The van der Waals surface area contributed by atoms with E-state index in [4.69, 9.17) is 18.9 Å². The van der Waals surface area contributed by atoms with Gasteiger partial charge in [-0.25, -0.2) is 4.79 Å². The highest BCUT2D eigenvalue weighted by molar-refractivity contribution is 6.07. The summed E-state index contributed by atoms with van der Waals surface area (Å²) in [6, 6.07) is 0. The summed E-state index contributed by atoms with van der Waals surface area (Å²) >= 11 is 0. The largest absolute Gasteiger partial charge is 0.496 e. The summed E-state index contributed by atoms with van der Waals surface area (Å²) < 4.78 is 61.2. The van der Waals surface area contributed by atoms with Crippen LogP contribution in [0.25, 0.3) is 0 Å². The summed E-state index contributed by atoms with van der Waals surface area (Å²) in [7, 11) is 2.35. The fourth-order valence-electron chi connectivity index (χ4n) is 4.74. The molecule has 12 heteroatoms. The number of anilines is 1. The van der Waals surface area contributed by atoms with Crippen molar-refractivity contribution in [1.29, 1.82) is 0 Å². The number of allylic oxidation sites excluding steroid dienone is 2. The van der Waals surface area contributed by atoms with Crippen LogP contribution in [0, 0.1) is 6.92 Å². The number of cyclic esters (lactones) is 1. The number of alkyl halides is 3. The predicted octanol–water partition coefficient (Wildman–Crippen LogP) is 3.73. The number of halogens is 3. The quantitative estimate of drug-likeness (QED) is 0.231. The van der Waals surface area contributed by atoms with Gasteiger partial charge >= 0.3 is 24.0 Å². The number of methoxy groups -OCH3 is 1. The predicted molar refractivity (Wildman–Crippen MR) is 136 cm³/mol. The molecule has 3 rings (SSSR count). The molecule has 2 aliphatic heterocycles. The molecular weight excluding hydrogens is 521 g/mol. The Morgan fingerprint density at radius 3 is 2.51 bits per heavy atom. The van der Waals surface area contributed by atoms with Crippen molar-refractivity contribution in [3.63, 3.8) is 0 Å². The maximum Gasteiger partial charge on any atom is 0.471 e. The van der Waals surface area contributed by atoms with Crippen LogP contribution in [0.3, 0.4) is 0 Å². The summed E-state index contributed by atoms with van der Waals surface area (Å²) in [6.45, 7) is 7.67. The van der Waals surface area contributed by atoms with E-state index < -0.39 is 18.1 Å². The number of benzene rings is 1. The highest BCUT2D eigenvalue weighted by atomic mass is 19.4. The Morgan fingerprint density at radius 2 is 1.87 bits per heavy atom. The summed E-state index contributed by atoms with van der Waals surface area (Å²) in [4.78, 5) is 39.6. The fraction of sp³-hybridized carbons (Fsp3) is 0.593. The standard InChI is InChI=1S/C27H35F3N2O7/c1-17(7-9-21(33)38-13-5-10-32-11-14-37-15-12-32)6-8-19-23(31(3)26(35)27(28,29)30)22-20(16-39-25(22)34)18(2)24(19)36-4/h6H,5,7-16H2,1-4H3. The maximum absolute atomic E-state index is 13.3. The first-order valence-electron chi connectivity index (χ1n) is 12.8. The topological polar surface area (TPSA) is 94.6 Å². The second-order valence-corrected chi connectivity index (χ2v) is 9.56. The Labute approximate surface area is 225 Å². The molecule has 0 aromatic heterocycles. The number of amides is 1. The Balaban J connectivity index is 1.70. The number of esters is 2. The molecule has 1 aromatic rings. The van der Waals surface area contributed by atoms with Gasteiger partial charge in [0.25, 0.3) is 0 Å². The van der Waals surface area contributed by atoms with Gasteiger partial charge in [0, 0.05) is 44.2 Å². The smallest absolute Gasteiger partial charge is 0.471 e. The van der Waals surface area contributed by atoms with Gasteiger partial charge < -0.3 is 23.8 Å². The maximum atomic E-state index is 13.3. The third-order valence-electron chi connectivity index (χ3n) is 6.89. The zero-order chi connectivity index (χ0) is 28.7. The third kappa shape index (κ3) is 7.51. The molecule has 0 radical (unpaired) electrons. The van der Waals surface area contributed by atoms with Gasteiger partial charge in [-0.15, -0.1) is 0 Å². The third-order valence-corrected chi connectivity index (χ3v) is 6.89. The first kappa shape index (κ1) is 30.4. The van der Waals surface area contributed by atoms with E-state index in [1.807, 2.05) is 0 Å². The monoisotopic (exact) mass is 556 g/mol. The lowest BCUT2D eigenvalue weighted by Gasteiger charge is -2.26. The number of morpholine rings is 1. The van der Waals surface area contributed by atoms with Crippen molar-refractivity contribution in [3.8, 4) is 5.75 Å². The lowest BCUT2D eigenvalue weighted by atomic mass is 9.92. The van der Waals surface area contributed by atoms with Gasteiger partial charge in [0.15, 0.2) is 0 Å². The number of carbonyl (C=O) groups excluding carboxylic acids is 3. The average Bonchev–Trinajstić information content (AvgIpc) is 3.29. The molecule has 0 atom stereocenters. The normalized spacial score (nSPS) is 16.1. The molecule has 0 aliphatic carbocycles. The first-order valence-corrected chi connectivity index (χ1v) is 12.8. The Kier molecular flexibility index (Phi) is 10.4. The molecule has 2 heterocycles. The minimum atomic E-state index is -5.14. The molecule has 1 aromatic carbocycles. The van der Waals surface area contributed by atoms with Gasteiger partial charge in [-0.05, 0) is 38.7 Å². The number of ether oxygens (including phenoxy) is 4. The number of carbonyl (C=O) groups is 3. The number of fused-ring (bicyclic) bond motifs is 1. The van der Waals surface area contributed by atoms with Crippen LogP contribution in [-0.2, 0) is 36.8 Å². The summed E-state index contributed by atoms with van der Waals surface area (Å²) in [5.41, 5.74) is 1.71. The second kappa shape index (κ2) is 13.3. The average molecular weight is 557 g/mol. The number of hydrogen-bond donors (Lipinski definition) is 0. The van der Waals surface area contributed by atoms with E-state index in [0.29, 0.717) is 42.3 Å². The molecule has 216 valence electrons. The van der Waals surface area contributed by atoms with Crippen LogP contribution in [0.15, 0.2) is 11.6 Å². The Bertz CT molecular complexity index is 1110. The summed E-state index contributed by atoms with van der Waals surface area (Å²) in [5.74, 6) is -2.98. The van der Waals surface area contributed by atoms with Gasteiger partial charge in [0.2, 0.25) is 0 Å². The summed E-state index contributed by atoms with van der Waals surface area (Å²) in [5, 5.41) is 0. The molecule has 1 saturated heterocycles.